The van der Waals surface area contributed by atoms with E-state index in [-0.39, 0.29) is 0 Å². The second-order valence-corrected chi connectivity index (χ2v) is 31.5. The summed E-state index contributed by atoms with van der Waals surface area (Å²) in [7, 11) is -5.57. The molecule has 1 unspecified atom stereocenters. The van der Waals surface area contributed by atoms with Gasteiger partial charge in [-0.15, -0.1) is 0 Å². The van der Waals surface area contributed by atoms with E-state index in [1.165, 1.54) is 0 Å². The lowest BCUT2D eigenvalue weighted by Crippen LogP contribution is -2.70. The van der Waals surface area contributed by atoms with Gasteiger partial charge in [0.05, 0.1) is 66.1 Å². The predicted octanol–water partition coefficient (Wildman–Crippen LogP) is -22.4. The van der Waals surface area contributed by atoms with E-state index in [1.807, 2.05) is 0 Å². The van der Waals surface area contributed by atoms with Crippen molar-refractivity contribution in [3.63, 3.8) is 0 Å². The molecule has 51 atom stereocenters. The molecule has 10 aliphatic rings. The quantitative estimate of drug-likeness (QED) is 0.0278. The largest absolute Gasteiger partial charge is 0.474 e. The van der Waals surface area contributed by atoms with Crippen molar-refractivity contribution in [2.24, 2.45) is 0 Å². The first-order valence-corrected chi connectivity index (χ1v) is 39.4. The average molecular weight is 1800 g/mol. The normalized spacial score (nSPS) is 50.7. The summed E-state index contributed by atoms with van der Waals surface area (Å²) >= 11 is 0. The zero-order chi connectivity index (χ0) is 89.1. The van der Waals surface area contributed by atoms with Crippen molar-refractivity contribution in [2.45, 2.75) is 321 Å². The first-order chi connectivity index (χ1) is 57.1. The lowest BCUT2D eigenvalue weighted by Gasteiger charge is -2.51. The van der Waals surface area contributed by atoms with Crippen LogP contribution >= 0.6 is 7.82 Å². The minimum Gasteiger partial charge on any atom is -0.394 e. The number of phosphoric acid groups is 1. The first kappa shape index (κ1) is 100. The Bertz CT molecular complexity index is 3250. The van der Waals surface area contributed by atoms with Crippen LogP contribution in [-0.4, -0.2) is 543 Å². The summed E-state index contributed by atoms with van der Waals surface area (Å²) < 4.78 is 127. The van der Waals surface area contributed by atoms with Crippen LogP contribution < -0.4 is 10.6 Å². The Balaban J connectivity index is 0.968. The lowest BCUT2D eigenvalue weighted by atomic mass is 9.94. The fraction of sp³-hybridized carbons (Fsp3) is 0.969. The van der Waals surface area contributed by atoms with Crippen LogP contribution in [0.3, 0.4) is 0 Å². The van der Waals surface area contributed by atoms with Gasteiger partial charge in [-0.25, -0.2) is 4.57 Å². The fourth-order valence-corrected chi connectivity index (χ4v) is 15.8. The molecule has 10 heterocycles. The van der Waals surface area contributed by atoms with Crippen LogP contribution in [0, 0.1) is 0 Å². The standard InChI is InChI=1S/C64H109N2O54P/c1-13(74)65-25-35(84)49(20(8-72)104-55(25)98)114-56-26(66-14(2)75)36(85)50(21(9-73)110-56)115-61-48(97)52(117-63-54(42(91)31(80)18(6-70)108-63)119-64-53(41(90)30(79)19(7-71)109-64)118-60-45(94)38(87)28(77)16(4-68)106-60)34(83)23(113-61)11-102-58-47(96)51(116-59-44(93)37(86)27(76)15(3-67)105-59)33(82)22(111-58)10-101-57-43(92)40(89)32(81)24(112-57)12-103-121(99,100)120-62-46(95)39(88)29(78)17(5-69)107-62/h15-64,67-73,76-98H,3-12H2,1-2H3,(H,65,74)(H,66,75)(H,99,100)/t15-,16-,17-,18-,19-,20-,21-,22-,23-,24-,25-,26-,27-,28-,29-,30-,31-,32-,33-,34-,35-,36-,37+,38+,39+,40+,41+,42+,43+,44+,45+,46+,47+,48+,49-,50-,51+,52+,53+,54+,55-,56+,57+,58+,59-,60-,61+,62-,63-,64-/m1/s1. The Morgan fingerprint density at radius 2 is 0.537 bits per heavy atom. The van der Waals surface area contributed by atoms with E-state index in [0.29, 0.717) is 0 Å². The van der Waals surface area contributed by atoms with Gasteiger partial charge in [-0.1, -0.05) is 0 Å². The highest BCUT2D eigenvalue weighted by molar-refractivity contribution is 7.47. The SMILES string of the molecule is CC(=O)N[C@@H]1[C@@H](O)[C@H](O[C@@H]2O[C@H](CO)[C@@H](O[C@@H]3O[C@H](CO[C@H]4O[C@H](CO[C@H]5O[C@H](COP(=O)(O)O[C@H]6O[C@H](CO)[C@@H](O)[C@H](O)[C@@H]6O)[C@@H](O)[C@H](O)[C@@H]5O)[C@@H](O)[C@H](O[C@H]5O[C@H](CO)[C@@H](O)[C@H](O)[C@@H]5O)[C@@H]4O)[C@@H](O)[C@H](O[C@H]4O[C@H](CO)[C@@H](O)[C@H](O)[C@@H]4O[C@H]4O[C@H](CO)[C@@H](O)[C@H](O)[C@@H]4O[C@H]4O[C@H](CO)[C@@H](O)[C@H](O)[C@@H]4O)[C@@H]3O)[C@H](O)[C@H]2NC(C)=O)[C@@H](CO)O[C@H]1O. The number of amides is 2. The van der Waals surface area contributed by atoms with Crippen LogP contribution in [0.2, 0.25) is 0 Å². The zero-order valence-electron chi connectivity index (χ0n) is 63.6. The topological polar surface area (TPSA) is 887 Å². The van der Waals surface area contributed by atoms with Crippen molar-refractivity contribution < 1.29 is 267 Å². The number of aliphatic hydroxyl groups is 30. The number of phosphoric ester groups is 1. The predicted molar refractivity (Wildman–Crippen MR) is 364 cm³/mol. The molecule has 10 saturated heterocycles. The molecule has 0 aromatic carbocycles. The molecule has 0 aromatic heterocycles. The average Bonchev–Trinajstić information content (AvgIpc) is 0.765. The molecule has 0 spiro atoms. The molecule has 10 aliphatic heterocycles. The number of nitrogens with one attached hydrogen (secondary N) is 2. The van der Waals surface area contributed by atoms with Crippen molar-refractivity contribution in [1.29, 1.82) is 0 Å². The van der Waals surface area contributed by atoms with Gasteiger partial charge in [0.1, 0.15) is 244 Å². The number of hydrogen-bond donors (Lipinski definition) is 33. The number of carbonyl (C=O) groups is 2. The van der Waals surface area contributed by atoms with Crippen LogP contribution in [0.5, 0.6) is 0 Å². The molecule has 10 fully saturated rings. The van der Waals surface area contributed by atoms with Crippen molar-refractivity contribution in [1.82, 2.24) is 10.6 Å². The molecule has 0 aromatic rings. The summed E-state index contributed by atoms with van der Waals surface area (Å²) in [6, 6.07) is -3.66. The highest BCUT2D eigenvalue weighted by atomic mass is 31.2. The summed E-state index contributed by atoms with van der Waals surface area (Å²) in [5.74, 6) is -1.80. The third-order valence-electron chi connectivity index (χ3n) is 21.8. The molecule has 0 radical (unpaired) electrons. The maximum atomic E-state index is 13.2. The summed E-state index contributed by atoms with van der Waals surface area (Å²) in [6.07, 6.45) is -106. The minimum absolute atomic E-state index is 0.814. The highest BCUT2D eigenvalue weighted by Gasteiger charge is 2.61. The molecule has 121 heavy (non-hydrogen) atoms. The lowest BCUT2D eigenvalue weighted by molar-refractivity contribution is -0.408. The van der Waals surface area contributed by atoms with Gasteiger partial charge in [0.2, 0.25) is 11.8 Å². The monoisotopic (exact) mass is 1800 g/mol. The van der Waals surface area contributed by atoms with E-state index in [9.17, 15) is 172 Å². The molecular weight excluding hydrogens is 1690 g/mol. The summed E-state index contributed by atoms with van der Waals surface area (Å²) in [5, 5.41) is 335. The minimum atomic E-state index is -5.57. The smallest absolute Gasteiger partial charge is 0.394 e. The zero-order valence-corrected chi connectivity index (χ0v) is 64.5. The molecule has 33 N–H and O–H groups in total. The van der Waals surface area contributed by atoms with Gasteiger partial charge < -0.3 is 254 Å². The van der Waals surface area contributed by atoms with Gasteiger partial charge >= 0.3 is 7.82 Å². The van der Waals surface area contributed by atoms with Gasteiger partial charge in [-0.2, -0.15) is 0 Å². The third-order valence-corrected chi connectivity index (χ3v) is 22.8. The van der Waals surface area contributed by atoms with Crippen molar-refractivity contribution >= 4 is 19.6 Å². The Labute approximate surface area is 682 Å². The van der Waals surface area contributed by atoms with Gasteiger partial charge in [0.15, 0.2) is 62.9 Å². The highest BCUT2D eigenvalue weighted by Crippen LogP contribution is 2.48. The molecule has 2 amide bonds. The number of hydrogen-bond acceptors (Lipinski definition) is 53. The maximum absolute atomic E-state index is 13.2. The molecule has 0 saturated carbocycles. The molecule has 704 valence electrons. The summed E-state index contributed by atoms with van der Waals surface area (Å²) in [5.41, 5.74) is 0. The molecule has 0 aliphatic carbocycles. The van der Waals surface area contributed by atoms with E-state index in [0.717, 1.165) is 13.8 Å². The van der Waals surface area contributed by atoms with E-state index in [2.05, 4.69) is 10.6 Å². The molecule has 56 nitrogen and oxygen atoms in total. The van der Waals surface area contributed by atoms with E-state index in [4.69, 9.17) is 94.3 Å². The number of rotatable bonds is 32. The van der Waals surface area contributed by atoms with Crippen molar-refractivity contribution in [3.05, 3.63) is 0 Å². The number of carbonyl (C=O) groups excluding carboxylic acids is 2. The molecule has 0 bridgehead atoms. The first-order valence-electron chi connectivity index (χ1n) is 37.9. The van der Waals surface area contributed by atoms with Crippen LogP contribution in [0.4, 0.5) is 0 Å². The van der Waals surface area contributed by atoms with Gasteiger partial charge in [0, 0.05) is 13.8 Å². The number of ether oxygens (including phenoxy) is 18. The van der Waals surface area contributed by atoms with Gasteiger partial charge in [-0.3, -0.25) is 18.6 Å². The Morgan fingerprint density at radius 1 is 0.264 bits per heavy atom. The van der Waals surface area contributed by atoms with E-state index < -0.39 is 393 Å². The van der Waals surface area contributed by atoms with E-state index >= 15 is 0 Å². The number of aliphatic hydroxyl groups excluding tert-OH is 30. The van der Waals surface area contributed by atoms with Crippen molar-refractivity contribution in [2.75, 3.05) is 66.1 Å². The molecular formula is C64H109N2O54P. The summed E-state index contributed by atoms with van der Waals surface area (Å²) in [6.45, 7) is -9.72. The van der Waals surface area contributed by atoms with Crippen LogP contribution in [0.25, 0.3) is 0 Å². The van der Waals surface area contributed by atoms with Crippen LogP contribution in [0.15, 0.2) is 0 Å². The second kappa shape index (κ2) is 43.2. The van der Waals surface area contributed by atoms with E-state index in [1.54, 1.807) is 0 Å². The van der Waals surface area contributed by atoms with Crippen molar-refractivity contribution in [3.8, 4) is 0 Å². The molecule has 57 heteroatoms. The second-order valence-electron chi connectivity index (χ2n) is 30.1. The van der Waals surface area contributed by atoms with Gasteiger partial charge in [0.25, 0.3) is 0 Å². The Morgan fingerprint density at radius 3 is 0.967 bits per heavy atom. The van der Waals surface area contributed by atoms with Gasteiger partial charge in [-0.05, 0) is 0 Å². The maximum Gasteiger partial charge on any atom is 0.474 e. The Kier molecular flexibility index (Phi) is 35.8. The van der Waals surface area contributed by atoms with Crippen LogP contribution in [-0.2, 0) is 108 Å². The Hall–Kier alpha value is -2.87. The fourth-order valence-electron chi connectivity index (χ4n) is 15.0. The third kappa shape index (κ3) is 22.3. The van der Waals surface area contributed by atoms with Crippen LogP contribution in [0.1, 0.15) is 13.8 Å². The molecule has 10 rings (SSSR count). The summed E-state index contributed by atoms with van der Waals surface area (Å²) in [4.78, 5) is 35.8.